The standard InChI is InChI=1S/C15H18FN3/c16-13-4-1-3-12(9-13)6-8-19-11-17-10-15(19)14-5-2-7-18-14/h1,3-4,9-11,14,18H,2,5-8H2/t14-/m0/s1. The zero-order valence-electron chi connectivity index (χ0n) is 10.8. The van der Waals surface area contributed by atoms with Gasteiger partial charge in [0.1, 0.15) is 5.82 Å². The SMILES string of the molecule is Fc1cccc(CCn2cncc2[C@@H]2CCCN2)c1. The van der Waals surface area contributed by atoms with E-state index in [0.717, 1.165) is 25.1 Å². The van der Waals surface area contributed by atoms with E-state index in [1.807, 2.05) is 18.6 Å². The minimum Gasteiger partial charge on any atom is -0.333 e. The molecule has 0 saturated carbocycles. The Morgan fingerprint density at radius 3 is 3.16 bits per heavy atom. The number of hydrogen-bond donors (Lipinski definition) is 1. The van der Waals surface area contributed by atoms with Crippen molar-refractivity contribution in [3.63, 3.8) is 0 Å². The molecule has 1 fully saturated rings. The molecule has 3 rings (SSSR count). The molecule has 4 heteroatoms. The normalized spacial score (nSPS) is 18.9. The molecule has 0 spiro atoms. The summed E-state index contributed by atoms with van der Waals surface area (Å²) in [6, 6.07) is 7.24. The van der Waals surface area contributed by atoms with Crippen LogP contribution in [0.3, 0.4) is 0 Å². The van der Waals surface area contributed by atoms with Crippen LogP contribution < -0.4 is 5.32 Å². The van der Waals surface area contributed by atoms with E-state index >= 15 is 0 Å². The van der Waals surface area contributed by atoms with Crippen molar-refractivity contribution in [3.8, 4) is 0 Å². The van der Waals surface area contributed by atoms with Crippen molar-refractivity contribution in [1.82, 2.24) is 14.9 Å². The lowest BCUT2D eigenvalue weighted by Gasteiger charge is -2.13. The molecule has 1 aromatic heterocycles. The van der Waals surface area contributed by atoms with E-state index in [2.05, 4.69) is 14.9 Å². The Labute approximate surface area is 112 Å². The Morgan fingerprint density at radius 2 is 2.37 bits per heavy atom. The molecule has 1 N–H and O–H groups in total. The highest BCUT2D eigenvalue weighted by Crippen LogP contribution is 2.22. The second-order valence-electron chi connectivity index (χ2n) is 5.04. The summed E-state index contributed by atoms with van der Waals surface area (Å²) >= 11 is 0. The van der Waals surface area contributed by atoms with Crippen LogP contribution in [0.4, 0.5) is 4.39 Å². The zero-order chi connectivity index (χ0) is 13.1. The molecule has 0 bridgehead atoms. The van der Waals surface area contributed by atoms with Crippen LogP contribution in [-0.2, 0) is 13.0 Å². The fourth-order valence-electron chi connectivity index (χ4n) is 2.69. The van der Waals surface area contributed by atoms with Crippen molar-refractivity contribution in [1.29, 1.82) is 0 Å². The van der Waals surface area contributed by atoms with Crippen molar-refractivity contribution in [2.45, 2.75) is 31.8 Å². The Kier molecular flexibility index (Phi) is 3.60. The summed E-state index contributed by atoms with van der Waals surface area (Å²) in [5.74, 6) is -0.166. The summed E-state index contributed by atoms with van der Waals surface area (Å²) in [6.07, 6.45) is 7.03. The summed E-state index contributed by atoms with van der Waals surface area (Å²) in [7, 11) is 0. The maximum Gasteiger partial charge on any atom is 0.123 e. The molecule has 1 aliphatic rings. The summed E-state index contributed by atoms with van der Waals surface area (Å²) in [6.45, 7) is 1.93. The van der Waals surface area contributed by atoms with E-state index in [9.17, 15) is 4.39 Å². The number of benzene rings is 1. The molecule has 0 aliphatic carbocycles. The second kappa shape index (κ2) is 5.53. The van der Waals surface area contributed by atoms with Crippen molar-refractivity contribution < 1.29 is 4.39 Å². The highest BCUT2D eigenvalue weighted by molar-refractivity contribution is 5.16. The molecule has 0 amide bonds. The zero-order valence-corrected chi connectivity index (χ0v) is 10.8. The highest BCUT2D eigenvalue weighted by atomic mass is 19.1. The lowest BCUT2D eigenvalue weighted by molar-refractivity contribution is 0.561. The molecular formula is C15H18FN3. The van der Waals surface area contributed by atoms with Gasteiger partial charge in [-0.05, 0) is 43.5 Å². The largest absolute Gasteiger partial charge is 0.333 e. The number of aryl methyl sites for hydroxylation is 2. The second-order valence-corrected chi connectivity index (χ2v) is 5.04. The lowest BCUT2D eigenvalue weighted by atomic mass is 10.1. The predicted molar refractivity (Wildman–Crippen MR) is 72.3 cm³/mol. The van der Waals surface area contributed by atoms with Gasteiger partial charge in [0.05, 0.1) is 12.0 Å². The molecule has 1 saturated heterocycles. The monoisotopic (exact) mass is 259 g/mol. The summed E-state index contributed by atoms with van der Waals surface area (Å²) < 4.78 is 15.3. The third-order valence-corrected chi connectivity index (χ3v) is 3.69. The van der Waals surface area contributed by atoms with Crippen LogP contribution in [0, 0.1) is 5.82 Å². The Balaban J connectivity index is 1.68. The minimum atomic E-state index is -0.166. The van der Waals surface area contributed by atoms with Crippen LogP contribution in [0.25, 0.3) is 0 Å². The number of rotatable bonds is 4. The van der Waals surface area contributed by atoms with Gasteiger partial charge in [-0.3, -0.25) is 0 Å². The quantitative estimate of drug-likeness (QED) is 0.915. The van der Waals surface area contributed by atoms with E-state index in [-0.39, 0.29) is 5.82 Å². The van der Waals surface area contributed by atoms with E-state index < -0.39 is 0 Å². The first kappa shape index (κ1) is 12.4. The number of aromatic nitrogens is 2. The van der Waals surface area contributed by atoms with Gasteiger partial charge in [-0.25, -0.2) is 9.37 Å². The third kappa shape index (κ3) is 2.84. The number of nitrogens with one attached hydrogen (secondary N) is 1. The Morgan fingerprint density at radius 1 is 1.42 bits per heavy atom. The highest BCUT2D eigenvalue weighted by Gasteiger charge is 2.19. The van der Waals surface area contributed by atoms with Crippen molar-refractivity contribution >= 4 is 0 Å². The molecule has 100 valence electrons. The first-order valence-electron chi connectivity index (χ1n) is 6.81. The molecule has 0 radical (unpaired) electrons. The fraction of sp³-hybridized carbons (Fsp3) is 0.400. The van der Waals surface area contributed by atoms with E-state index in [1.165, 1.54) is 24.6 Å². The van der Waals surface area contributed by atoms with Gasteiger partial charge in [-0.1, -0.05) is 12.1 Å². The Bertz CT molecular complexity index is 544. The predicted octanol–water partition coefficient (Wildman–Crippen LogP) is 2.69. The fourth-order valence-corrected chi connectivity index (χ4v) is 2.69. The Hall–Kier alpha value is -1.68. The van der Waals surface area contributed by atoms with Crippen LogP contribution in [-0.4, -0.2) is 16.1 Å². The smallest absolute Gasteiger partial charge is 0.123 e. The van der Waals surface area contributed by atoms with Gasteiger partial charge < -0.3 is 9.88 Å². The van der Waals surface area contributed by atoms with Gasteiger partial charge in [0.2, 0.25) is 0 Å². The minimum absolute atomic E-state index is 0.166. The van der Waals surface area contributed by atoms with E-state index in [0.29, 0.717) is 6.04 Å². The number of hydrogen-bond acceptors (Lipinski definition) is 2. The maximum atomic E-state index is 13.1. The molecule has 1 atom stereocenters. The number of halogens is 1. The van der Waals surface area contributed by atoms with Crippen molar-refractivity contribution in [2.24, 2.45) is 0 Å². The molecule has 0 unspecified atom stereocenters. The maximum absolute atomic E-state index is 13.1. The molecule has 2 aromatic rings. The van der Waals surface area contributed by atoms with Crippen LogP contribution in [0.15, 0.2) is 36.8 Å². The molecule has 1 aromatic carbocycles. The summed E-state index contributed by atoms with van der Waals surface area (Å²) in [4.78, 5) is 4.25. The van der Waals surface area contributed by atoms with Gasteiger partial charge in [0.25, 0.3) is 0 Å². The van der Waals surface area contributed by atoms with Crippen LogP contribution in [0.5, 0.6) is 0 Å². The van der Waals surface area contributed by atoms with Crippen LogP contribution >= 0.6 is 0 Å². The van der Waals surface area contributed by atoms with E-state index in [1.54, 1.807) is 12.1 Å². The van der Waals surface area contributed by atoms with Gasteiger partial charge in [-0.2, -0.15) is 0 Å². The van der Waals surface area contributed by atoms with Crippen molar-refractivity contribution in [2.75, 3.05) is 6.54 Å². The van der Waals surface area contributed by atoms with Crippen LogP contribution in [0.1, 0.15) is 30.1 Å². The number of imidazole rings is 1. The summed E-state index contributed by atoms with van der Waals surface area (Å²) in [5, 5.41) is 3.49. The molecule has 2 heterocycles. The van der Waals surface area contributed by atoms with Gasteiger partial charge in [0.15, 0.2) is 0 Å². The lowest BCUT2D eigenvalue weighted by Crippen LogP contribution is -2.17. The first-order valence-corrected chi connectivity index (χ1v) is 6.81. The van der Waals surface area contributed by atoms with Gasteiger partial charge in [-0.15, -0.1) is 0 Å². The van der Waals surface area contributed by atoms with Crippen LogP contribution in [0.2, 0.25) is 0 Å². The van der Waals surface area contributed by atoms with Gasteiger partial charge in [0, 0.05) is 18.8 Å². The average Bonchev–Trinajstić information content (AvgIpc) is 3.07. The topological polar surface area (TPSA) is 29.9 Å². The molecular weight excluding hydrogens is 241 g/mol. The van der Waals surface area contributed by atoms with Crippen molar-refractivity contribution in [3.05, 3.63) is 53.9 Å². The third-order valence-electron chi connectivity index (χ3n) is 3.69. The summed E-state index contributed by atoms with van der Waals surface area (Å²) in [5.41, 5.74) is 2.27. The first-order chi connectivity index (χ1) is 9.33. The molecule has 3 nitrogen and oxygen atoms in total. The number of nitrogens with zero attached hydrogens (tertiary/aromatic N) is 2. The van der Waals surface area contributed by atoms with E-state index in [4.69, 9.17) is 0 Å². The van der Waals surface area contributed by atoms with Gasteiger partial charge >= 0.3 is 0 Å². The average molecular weight is 259 g/mol. The molecule has 1 aliphatic heterocycles. The molecule has 19 heavy (non-hydrogen) atoms.